The number of nitrogens with zero attached hydrogens (tertiary/aromatic N) is 2. The molecule has 0 atom stereocenters. The van der Waals surface area contributed by atoms with Gasteiger partial charge in [0, 0.05) is 25.7 Å². The predicted molar refractivity (Wildman–Crippen MR) is 99.7 cm³/mol. The lowest BCUT2D eigenvalue weighted by molar-refractivity contribution is -0.153. The Morgan fingerprint density at radius 1 is 0.800 bits per heavy atom. The summed E-state index contributed by atoms with van der Waals surface area (Å²) in [5, 5.41) is 0. The Balaban J connectivity index is 2.12. The van der Waals surface area contributed by atoms with Crippen LogP contribution >= 0.6 is 0 Å². The van der Waals surface area contributed by atoms with E-state index in [4.69, 9.17) is 0 Å². The van der Waals surface area contributed by atoms with Crippen molar-refractivity contribution >= 4 is 11.8 Å². The number of rotatable bonds is 6. The van der Waals surface area contributed by atoms with Crippen LogP contribution in [0.25, 0.3) is 0 Å². The summed E-state index contributed by atoms with van der Waals surface area (Å²) in [7, 11) is 0. The van der Waals surface area contributed by atoms with Crippen molar-refractivity contribution in [3.63, 3.8) is 0 Å². The van der Waals surface area contributed by atoms with E-state index in [0.717, 1.165) is 11.1 Å². The van der Waals surface area contributed by atoms with Gasteiger partial charge >= 0.3 is 11.8 Å². The summed E-state index contributed by atoms with van der Waals surface area (Å²) >= 11 is 0. The molecule has 0 radical (unpaired) electrons. The quantitative estimate of drug-likeness (QED) is 0.757. The summed E-state index contributed by atoms with van der Waals surface area (Å²) in [4.78, 5) is 28.8. The maximum Gasteiger partial charge on any atom is 0.312 e. The van der Waals surface area contributed by atoms with Gasteiger partial charge in [-0.25, -0.2) is 0 Å². The average Bonchev–Trinajstić information content (AvgIpc) is 2.64. The molecule has 2 amide bonds. The molecule has 2 aromatic rings. The van der Waals surface area contributed by atoms with E-state index in [1.54, 1.807) is 9.80 Å². The molecule has 0 saturated carbocycles. The highest BCUT2D eigenvalue weighted by molar-refractivity contribution is 6.34. The Kier molecular flexibility index (Phi) is 6.75. The highest BCUT2D eigenvalue weighted by Gasteiger charge is 2.28. The lowest BCUT2D eigenvalue weighted by atomic mass is 10.1. The molecule has 0 aliphatic rings. The highest BCUT2D eigenvalue weighted by atomic mass is 16.2. The SMILES string of the molecule is CCN(Cc1ccccc1)C(=O)C(=O)N(Cc1ccccc1)C(C)C. The lowest BCUT2D eigenvalue weighted by Crippen LogP contribution is -2.47. The van der Waals surface area contributed by atoms with Crippen molar-refractivity contribution in [2.75, 3.05) is 6.54 Å². The summed E-state index contributed by atoms with van der Waals surface area (Å²) in [6, 6.07) is 19.4. The highest BCUT2D eigenvalue weighted by Crippen LogP contribution is 2.11. The summed E-state index contributed by atoms with van der Waals surface area (Å²) in [6.45, 7) is 7.14. The number of likely N-dealkylation sites (N-methyl/N-ethyl adjacent to an activating group) is 1. The monoisotopic (exact) mass is 338 g/mol. The van der Waals surface area contributed by atoms with Crippen molar-refractivity contribution in [3.05, 3.63) is 71.8 Å². The van der Waals surface area contributed by atoms with Crippen molar-refractivity contribution in [3.8, 4) is 0 Å². The molecule has 0 fully saturated rings. The number of hydrogen-bond acceptors (Lipinski definition) is 2. The number of carbonyl (C=O) groups is 2. The molecule has 0 bridgehead atoms. The van der Waals surface area contributed by atoms with E-state index in [1.165, 1.54) is 0 Å². The maximum atomic E-state index is 12.8. The summed E-state index contributed by atoms with van der Waals surface area (Å²) in [6.07, 6.45) is 0. The van der Waals surface area contributed by atoms with E-state index in [-0.39, 0.29) is 6.04 Å². The van der Waals surface area contributed by atoms with Crippen molar-refractivity contribution < 1.29 is 9.59 Å². The Morgan fingerprint density at radius 3 is 1.72 bits per heavy atom. The second-order valence-electron chi connectivity index (χ2n) is 6.32. The summed E-state index contributed by atoms with van der Waals surface area (Å²) in [5.74, 6) is -0.896. The summed E-state index contributed by atoms with van der Waals surface area (Å²) < 4.78 is 0. The van der Waals surface area contributed by atoms with Gasteiger partial charge in [-0.05, 0) is 31.9 Å². The molecule has 132 valence electrons. The van der Waals surface area contributed by atoms with Crippen LogP contribution in [-0.4, -0.2) is 34.2 Å². The van der Waals surface area contributed by atoms with Gasteiger partial charge in [-0.1, -0.05) is 60.7 Å². The standard InChI is InChI=1S/C21H26N2O2/c1-4-22(15-18-11-7-5-8-12-18)20(24)21(25)23(17(2)3)16-19-13-9-6-10-14-19/h5-14,17H,4,15-16H2,1-3H3. The Bertz CT molecular complexity index is 684. The first-order valence-electron chi connectivity index (χ1n) is 8.70. The molecule has 0 aromatic heterocycles. The van der Waals surface area contributed by atoms with Gasteiger partial charge in [-0.15, -0.1) is 0 Å². The van der Waals surface area contributed by atoms with Crippen LogP contribution in [-0.2, 0) is 22.7 Å². The van der Waals surface area contributed by atoms with Crippen LogP contribution in [0.4, 0.5) is 0 Å². The third-order valence-electron chi connectivity index (χ3n) is 4.15. The Morgan fingerprint density at radius 2 is 1.28 bits per heavy atom. The van der Waals surface area contributed by atoms with Gasteiger partial charge in [-0.2, -0.15) is 0 Å². The van der Waals surface area contributed by atoms with E-state index >= 15 is 0 Å². The molecule has 2 aromatic carbocycles. The molecule has 0 unspecified atom stereocenters. The van der Waals surface area contributed by atoms with Crippen molar-refractivity contribution in [1.29, 1.82) is 0 Å². The number of amides is 2. The molecule has 2 rings (SSSR count). The topological polar surface area (TPSA) is 40.6 Å². The molecule has 0 aliphatic carbocycles. The van der Waals surface area contributed by atoms with E-state index in [2.05, 4.69) is 0 Å². The van der Waals surface area contributed by atoms with Gasteiger partial charge in [0.1, 0.15) is 0 Å². The van der Waals surface area contributed by atoms with Gasteiger partial charge in [0.2, 0.25) is 0 Å². The van der Waals surface area contributed by atoms with Gasteiger partial charge in [-0.3, -0.25) is 9.59 Å². The Labute approximate surface area is 150 Å². The average molecular weight is 338 g/mol. The van der Waals surface area contributed by atoms with E-state index < -0.39 is 11.8 Å². The van der Waals surface area contributed by atoms with Gasteiger partial charge < -0.3 is 9.80 Å². The zero-order valence-electron chi connectivity index (χ0n) is 15.2. The smallest absolute Gasteiger partial charge is 0.312 e. The lowest BCUT2D eigenvalue weighted by Gasteiger charge is -2.29. The minimum absolute atomic E-state index is 0.0490. The van der Waals surface area contributed by atoms with Crippen molar-refractivity contribution in [2.45, 2.75) is 39.9 Å². The molecular formula is C21H26N2O2. The summed E-state index contributed by atoms with van der Waals surface area (Å²) in [5.41, 5.74) is 2.04. The van der Waals surface area contributed by atoms with Crippen LogP contribution in [0.1, 0.15) is 31.9 Å². The molecule has 0 spiro atoms. The zero-order chi connectivity index (χ0) is 18.2. The van der Waals surface area contributed by atoms with Gasteiger partial charge in [0.25, 0.3) is 0 Å². The molecule has 0 N–H and O–H groups in total. The van der Waals surface area contributed by atoms with E-state index in [1.807, 2.05) is 81.4 Å². The molecule has 4 heteroatoms. The molecular weight excluding hydrogens is 312 g/mol. The normalized spacial score (nSPS) is 10.6. The zero-order valence-corrected chi connectivity index (χ0v) is 15.2. The fourth-order valence-electron chi connectivity index (χ4n) is 2.66. The van der Waals surface area contributed by atoms with Crippen LogP contribution in [0.3, 0.4) is 0 Å². The van der Waals surface area contributed by atoms with Crippen LogP contribution in [0.2, 0.25) is 0 Å². The molecule has 25 heavy (non-hydrogen) atoms. The maximum absolute atomic E-state index is 12.8. The van der Waals surface area contributed by atoms with Gasteiger partial charge in [0.15, 0.2) is 0 Å². The number of hydrogen-bond donors (Lipinski definition) is 0. The second kappa shape index (κ2) is 9.02. The third kappa shape index (κ3) is 5.18. The van der Waals surface area contributed by atoms with Crippen LogP contribution in [0, 0.1) is 0 Å². The number of benzene rings is 2. The first-order valence-corrected chi connectivity index (χ1v) is 8.70. The van der Waals surface area contributed by atoms with Gasteiger partial charge in [0.05, 0.1) is 0 Å². The molecule has 0 heterocycles. The fourth-order valence-corrected chi connectivity index (χ4v) is 2.66. The molecule has 0 saturated heterocycles. The largest absolute Gasteiger partial charge is 0.330 e. The number of carbonyl (C=O) groups excluding carboxylic acids is 2. The minimum atomic E-state index is -0.448. The fraction of sp³-hybridized carbons (Fsp3) is 0.333. The first-order chi connectivity index (χ1) is 12.0. The minimum Gasteiger partial charge on any atom is -0.330 e. The molecule has 0 aliphatic heterocycles. The van der Waals surface area contributed by atoms with Crippen LogP contribution in [0.15, 0.2) is 60.7 Å². The predicted octanol–water partition coefficient (Wildman–Crippen LogP) is 3.47. The molecule has 4 nitrogen and oxygen atoms in total. The van der Waals surface area contributed by atoms with Crippen molar-refractivity contribution in [1.82, 2.24) is 9.80 Å². The van der Waals surface area contributed by atoms with Crippen LogP contribution in [0.5, 0.6) is 0 Å². The second-order valence-corrected chi connectivity index (χ2v) is 6.32. The van der Waals surface area contributed by atoms with E-state index in [0.29, 0.717) is 19.6 Å². The van der Waals surface area contributed by atoms with Crippen molar-refractivity contribution in [2.24, 2.45) is 0 Å². The van der Waals surface area contributed by atoms with Crippen LogP contribution < -0.4 is 0 Å². The third-order valence-corrected chi connectivity index (χ3v) is 4.15. The Hall–Kier alpha value is -2.62. The van der Waals surface area contributed by atoms with E-state index in [9.17, 15) is 9.59 Å². The first kappa shape index (κ1) is 18.7.